The summed E-state index contributed by atoms with van der Waals surface area (Å²) >= 11 is 6.71. The maximum absolute atomic E-state index is 13.6. The first-order valence-electron chi connectivity index (χ1n) is 7.21. The van der Waals surface area contributed by atoms with Crippen molar-refractivity contribution in [3.8, 4) is 0 Å². The zero-order valence-electron chi connectivity index (χ0n) is 12.9. The number of esters is 1. The van der Waals surface area contributed by atoms with E-state index >= 15 is 0 Å². The van der Waals surface area contributed by atoms with Crippen LogP contribution < -0.4 is 5.32 Å². The second kappa shape index (κ2) is 8.82. The number of nitrogens with zero attached hydrogens (tertiary/aromatic N) is 1. The van der Waals surface area contributed by atoms with Crippen LogP contribution in [0.3, 0.4) is 0 Å². The normalized spacial score (nSPS) is 13.9. The summed E-state index contributed by atoms with van der Waals surface area (Å²) < 4.78 is 18.3. The Morgan fingerprint density at radius 3 is 2.76 bits per heavy atom. The number of halogens is 2. The van der Waals surface area contributed by atoms with Crippen LogP contribution >= 0.6 is 23.4 Å². The summed E-state index contributed by atoms with van der Waals surface area (Å²) in [5.41, 5.74) is -0.00173. The van der Waals surface area contributed by atoms with Crippen LogP contribution in [0.5, 0.6) is 0 Å². The van der Waals surface area contributed by atoms with E-state index in [4.69, 9.17) is 16.3 Å². The second-order valence-corrected chi connectivity index (χ2v) is 6.32. The molecule has 0 unspecified atom stereocenters. The molecular formula is C15H14ClFN2O5S. The smallest absolute Gasteiger partial charge is 0.310 e. The Labute approximate surface area is 151 Å². The van der Waals surface area contributed by atoms with Crippen LogP contribution in [0.2, 0.25) is 5.02 Å². The fraction of sp³-hybridized carbons (Fsp3) is 0.333. The molecule has 1 aliphatic rings. The van der Waals surface area contributed by atoms with E-state index in [1.54, 1.807) is 0 Å². The number of carbonyl (C=O) groups is 4. The topological polar surface area (TPSA) is 92.8 Å². The number of hydrogen-bond donors (Lipinski definition) is 1. The molecule has 1 fully saturated rings. The molecular weight excluding hydrogens is 375 g/mol. The first kappa shape index (κ1) is 19.2. The highest BCUT2D eigenvalue weighted by molar-refractivity contribution is 8.14. The molecule has 0 spiro atoms. The van der Waals surface area contributed by atoms with Gasteiger partial charge in [0, 0.05) is 23.7 Å². The SMILES string of the molecule is O=C(COC(=O)Cc1c(F)cccc1Cl)NCCN1C(=O)CSC1=O. The molecule has 1 aromatic carbocycles. The van der Waals surface area contributed by atoms with E-state index in [2.05, 4.69) is 5.32 Å². The molecule has 1 aliphatic heterocycles. The predicted octanol–water partition coefficient (Wildman–Crippen LogP) is 1.38. The molecule has 0 aromatic heterocycles. The fourth-order valence-corrected chi connectivity index (χ4v) is 2.98. The van der Waals surface area contributed by atoms with E-state index in [0.717, 1.165) is 16.7 Å². The number of amides is 3. The highest BCUT2D eigenvalue weighted by Crippen LogP contribution is 2.20. The Balaban J connectivity index is 1.70. The van der Waals surface area contributed by atoms with E-state index in [-0.39, 0.29) is 40.6 Å². The van der Waals surface area contributed by atoms with Crippen LogP contribution in [-0.4, -0.2) is 53.4 Å². The van der Waals surface area contributed by atoms with Gasteiger partial charge < -0.3 is 10.1 Å². The van der Waals surface area contributed by atoms with Crippen molar-refractivity contribution in [2.24, 2.45) is 0 Å². The molecule has 0 aliphatic carbocycles. The number of nitrogens with one attached hydrogen (secondary N) is 1. The van der Waals surface area contributed by atoms with Gasteiger partial charge >= 0.3 is 5.97 Å². The highest BCUT2D eigenvalue weighted by Gasteiger charge is 2.29. The van der Waals surface area contributed by atoms with Gasteiger partial charge in [0.05, 0.1) is 12.2 Å². The van der Waals surface area contributed by atoms with Crippen molar-refractivity contribution in [3.05, 3.63) is 34.6 Å². The third kappa shape index (κ3) is 5.43. The van der Waals surface area contributed by atoms with Crippen molar-refractivity contribution < 1.29 is 28.3 Å². The van der Waals surface area contributed by atoms with Gasteiger partial charge in [-0.3, -0.25) is 24.1 Å². The molecule has 1 heterocycles. The summed E-state index contributed by atoms with van der Waals surface area (Å²) in [7, 11) is 0. The van der Waals surface area contributed by atoms with Gasteiger partial charge in [-0.2, -0.15) is 0 Å². The minimum absolute atomic E-state index is 0.00173. The van der Waals surface area contributed by atoms with Gasteiger partial charge in [-0.05, 0) is 12.1 Å². The van der Waals surface area contributed by atoms with Crippen molar-refractivity contribution in [2.75, 3.05) is 25.4 Å². The summed E-state index contributed by atoms with van der Waals surface area (Å²) in [6, 6.07) is 4.02. The summed E-state index contributed by atoms with van der Waals surface area (Å²) in [6.45, 7) is -0.454. The lowest BCUT2D eigenvalue weighted by Gasteiger charge is -2.13. The Morgan fingerprint density at radius 2 is 2.12 bits per heavy atom. The van der Waals surface area contributed by atoms with Crippen LogP contribution in [0.15, 0.2) is 18.2 Å². The predicted molar refractivity (Wildman–Crippen MR) is 88.6 cm³/mol. The minimum atomic E-state index is -0.802. The van der Waals surface area contributed by atoms with Crippen LogP contribution in [0.1, 0.15) is 5.56 Å². The summed E-state index contributed by atoms with van der Waals surface area (Å²) in [4.78, 5) is 47.0. The number of thioether (sulfide) groups is 1. The molecule has 1 aromatic rings. The van der Waals surface area contributed by atoms with E-state index in [1.165, 1.54) is 18.2 Å². The molecule has 1 saturated heterocycles. The summed E-state index contributed by atoms with van der Waals surface area (Å²) in [5.74, 6) is -2.24. The molecule has 1 N–H and O–H groups in total. The third-order valence-corrected chi connectivity index (χ3v) is 4.46. The van der Waals surface area contributed by atoms with Crippen molar-refractivity contribution in [2.45, 2.75) is 6.42 Å². The van der Waals surface area contributed by atoms with Crippen molar-refractivity contribution in [1.82, 2.24) is 10.2 Å². The van der Waals surface area contributed by atoms with Crippen LogP contribution in [0, 0.1) is 5.82 Å². The number of hydrogen-bond acceptors (Lipinski definition) is 6. The number of rotatable bonds is 7. The Morgan fingerprint density at radius 1 is 1.36 bits per heavy atom. The molecule has 3 amide bonds. The highest BCUT2D eigenvalue weighted by atomic mass is 35.5. The zero-order valence-corrected chi connectivity index (χ0v) is 14.5. The Hall–Kier alpha value is -2.13. The standard InChI is InChI=1S/C15H14ClFN2O5S/c16-10-2-1-3-11(17)9(10)6-14(22)24-7-12(20)18-4-5-19-13(21)8-25-15(19)23/h1-3H,4-8H2,(H,18,20). The first-order chi connectivity index (χ1) is 11.9. The molecule has 0 saturated carbocycles. The minimum Gasteiger partial charge on any atom is -0.455 e. The molecule has 134 valence electrons. The number of imide groups is 1. The van der Waals surface area contributed by atoms with Gasteiger partial charge in [0.15, 0.2) is 6.61 Å². The first-order valence-corrected chi connectivity index (χ1v) is 8.57. The molecule has 0 radical (unpaired) electrons. The monoisotopic (exact) mass is 388 g/mol. The number of carbonyl (C=O) groups excluding carboxylic acids is 4. The van der Waals surface area contributed by atoms with Gasteiger partial charge in [0.25, 0.3) is 11.1 Å². The van der Waals surface area contributed by atoms with Crippen molar-refractivity contribution in [3.63, 3.8) is 0 Å². The average Bonchev–Trinajstić information content (AvgIpc) is 2.88. The van der Waals surface area contributed by atoms with E-state index in [9.17, 15) is 23.6 Å². The van der Waals surface area contributed by atoms with E-state index < -0.39 is 30.7 Å². The third-order valence-electron chi connectivity index (χ3n) is 3.25. The van der Waals surface area contributed by atoms with E-state index in [0.29, 0.717) is 0 Å². The largest absolute Gasteiger partial charge is 0.455 e. The van der Waals surface area contributed by atoms with Crippen molar-refractivity contribution >= 4 is 46.4 Å². The van der Waals surface area contributed by atoms with Gasteiger partial charge in [0.2, 0.25) is 5.91 Å². The molecule has 7 nitrogen and oxygen atoms in total. The lowest BCUT2D eigenvalue weighted by Crippen LogP contribution is -2.38. The van der Waals surface area contributed by atoms with Gasteiger partial charge in [-0.15, -0.1) is 0 Å². The quantitative estimate of drug-likeness (QED) is 0.709. The van der Waals surface area contributed by atoms with Gasteiger partial charge in [-0.25, -0.2) is 4.39 Å². The van der Waals surface area contributed by atoms with Gasteiger partial charge in [0.1, 0.15) is 5.82 Å². The average molecular weight is 389 g/mol. The lowest BCUT2D eigenvalue weighted by molar-refractivity contribution is -0.147. The zero-order chi connectivity index (χ0) is 18.4. The molecule has 10 heteroatoms. The van der Waals surface area contributed by atoms with Crippen LogP contribution in [0.25, 0.3) is 0 Å². The van der Waals surface area contributed by atoms with Crippen LogP contribution in [0.4, 0.5) is 9.18 Å². The summed E-state index contributed by atoms with van der Waals surface area (Å²) in [6.07, 6.45) is -0.396. The maximum atomic E-state index is 13.6. The lowest BCUT2D eigenvalue weighted by atomic mass is 10.1. The summed E-state index contributed by atoms with van der Waals surface area (Å²) in [5, 5.41) is 2.16. The number of ether oxygens (including phenoxy) is 1. The Kier molecular flexibility index (Phi) is 6.77. The van der Waals surface area contributed by atoms with E-state index in [1.807, 2.05) is 0 Å². The number of benzene rings is 1. The van der Waals surface area contributed by atoms with Crippen molar-refractivity contribution in [1.29, 1.82) is 0 Å². The maximum Gasteiger partial charge on any atom is 0.310 e. The fourth-order valence-electron chi connectivity index (χ4n) is 2.00. The van der Waals surface area contributed by atoms with Crippen LogP contribution in [-0.2, 0) is 25.5 Å². The molecule has 2 rings (SSSR count). The second-order valence-electron chi connectivity index (χ2n) is 4.99. The van der Waals surface area contributed by atoms with Gasteiger partial charge in [-0.1, -0.05) is 29.4 Å². The molecule has 0 bridgehead atoms. The molecule has 25 heavy (non-hydrogen) atoms. The molecule has 0 atom stereocenters. The Bertz CT molecular complexity index is 679.